The highest BCUT2D eigenvalue weighted by Gasteiger charge is 2.15. The van der Waals surface area contributed by atoms with Gasteiger partial charge in [-0.1, -0.05) is 11.8 Å². The van der Waals surface area contributed by atoms with Crippen molar-refractivity contribution in [2.45, 2.75) is 13.8 Å². The lowest BCUT2D eigenvalue weighted by Crippen LogP contribution is -2.16. The van der Waals surface area contributed by atoms with Crippen molar-refractivity contribution in [2.24, 2.45) is 0 Å². The highest BCUT2D eigenvalue weighted by atomic mass is 16.2. The average molecular weight is 270 g/mol. The number of rotatable bonds is 2. The molecule has 6 nitrogen and oxygen atoms in total. The number of hydrogen-bond donors (Lipinski definition) is 3. The van der Waals surface area contributed by atoms with Crippen LogP contribution in [-0.4, -0.2) is 32.8 Å². The number of nitrogens with one attached hydrogen (secondary N) is 2. The summed E-state index contributed by atoms with van der Waals surface area (Å²) in [5, 5.41) is 18.3. The fourth-order valence-corrected chi connectivity index (χ4v) is 1.73. The zero-order valence-electron chi connectivity index (χ0n) is 11.2. The van der Waals surface area contributed by atoms with E-state index in [1.807, 2.05) is 6.92 Å². The molecule has 0 spiro atoms. The number of aliphatic hydroxyl groups is 1. The Balaban J connectivity index is 2.30. The second-order valence-corrected chi connectivity index (χ2v) is 4.12. The molecule has 0 aliphatic rings. The zero-order valence-corrected chi connectivity index (χ0v) is 11.2. The van der Waals surface area contributed by atoms with Gasteiger partial charge in [0.2, 0.25) is 0 Å². The highest BCUT2D eigenvalue weighted by molar-refractivity contribution is 6.05. The molecule has 0 unspecified atom stereocenters. The maximum Gasteiger partial charge on any atom is 0.275 e. The number of amides is 1. The molecule has 0 aliphatic heterocycles. The van der Waals surface area contributed by atoms with Crippen LogP contribution >= 0.6 is 0 Å². The standard InChI is InChI=1S/C14H14N4O2/c1-9-12(10(2)18-17-9)16-14(20)13-11(6-4-8-19)5-3-7-15-13/h3,5,7,19H,8H2,1-2H3,(H,16,20)(H,17,18). The van der Waals surface area contributed by atoms with E-state index < -0.39 is 0 Å². The van der Waals surface area contributed by atoms with E-state index >= 15 is 0 Å². The number of aromatic nitrogens is 3. The predicted molar refractivity (Wildman–Crippen MR) is 74.2 cm³/mol. The summed E-state index contributed by atoms with van der Waals surface area (Å²) in [7, 11) is 0. The van der Waals surface area contributed by atoms with Crippen LogP contribution in [0.2, 0.25) is 0 Å². The van der Waals surface area contributed by atoms with Gasteiger partial charge >= 0.3 is 0 Å². The summed E-state index contributed by atoms with van der Waals surface area (Å²) in [6.07, 6.45) is 1.52. The van der Waals surface area contributed by atoms with Crippen LogP contribution in [0.4, 0.5) is 5.69 Å². The van der Waals surface area contributed by atoms with Gasteiger partial charge in [0.25, 0.3) is 5.91 Å². The number of hydrogen-bond acceptors (Lipinski definition) is 4. The third kappa shape index (κ3) is 2.84. The predicted octanol–water partition coefficient (Wildman–Crippen LogP) is 1.02. The summed E-state index contributed by atoms with van der Waals surface area (Å²) in [6, 6.07) is 3.37. The molecule has 6 heteroatoms. The maximum absolute atomic E-state index is 12.3. The Labute approximate surface area is 116 Å². The fraction of sp³-hybridized carbons (Fsp3) is 0.214. The van der Waals surface area contributed by atoms with Crippen LogP contribution in [0.5, 0.6) is 0 Å². The number of carbonyl (C=O) groups excluding carboxylic acids is 1. The minimum Gasteiger partial charge on any atom is -0.384 e. The molecule has 102 valence electrons. The number of aryl methyl sites for hydroxylation is 2. The minimum atomic E-state index is -0.361. The smallest absolute Gasteiger partial charge is 0.275 e. The number of aromatic amines is 1. The molecule has 0 fully saturated rings. The minimum absolute atomic E-state index is 0.216. The first-order chi connectivity index (χ1) is 9.63. The second-order valence-electron chi connectivity index (χ2n) is 4.12. The molecule has 0 radical (unpaired) electrons. The Morgan fingerprint density at radius 1 is 1.50 bits per heavy atom. The van der Waals surface area contributed by atoms with Crippen LogP contribution in [-0.2, 0) is 0 Å². The lowest BCUT2D eigenvalue weighted by atomic mass is 10.2. The van der Waals surface area contributed by atoms with Crippen LogP contribution < -0.4 is 5.32 Å². The number of pyridine rings is 1. The third-order valence-corrected chi connectivity index (χ3v) is 2.69. The molecule has 0 saturated heterocycles. The molecule has 20 heavy (non-hydrogen) atoms. The Kier molecular flexibility index (Phi) is 4.13. The molecular formula is C14H14N4O2. The number of carbonyl (C=O) groups is 1. The topological polar surface area (TPSA) is 90.9 Å². The first-order valence-electron chi connectivity index (χ1n) is 6.01. The molecule has 2 heterocycles. The van der Waals surface area contributed by atoms with E-state index in [1.54, 1.807) is 19.1 Å². The van der Waals surface area contributed by atoms with Crippen molar-refractivity contribution in [2.75, 3.05) is 11.9 Å². The van der Waals surface area contributed by atoms with Gasteiger partial charge in [-0.3, -0.25) is 9.89 Å². The second kappa shape index (κ2) is 5.99. The lowest BCUT2D eigenvalue weighted by Gasteiger charge is -2.06. The van der Waals surface area contributed by atoms with Gasteiger partial charge in [0.1, 0.15) is 12.3 Å². The molecular weight excluding hydrogens is 256 g/mol. The summed E-state index contributed by atoms with van der Waals surface area (Å²) in [6.45, 7) is 3.35. The Bertz CT molecular complexity index is 675. The van der Waals surface area contributed by atoms with Gasteiger partial charge in [-0.2, -0.15) is 5.10 Å². The average Bonchev–Trinajstić information content (AvgIpc) is 2.77. The fourth-order valence-electron chi connectivity index (χ4n) is 1.73. The Morgan fingerprint density at radius 2 is 2.30 bits per heavy atom. The molecule has 3 N–H and O–H groups in total. The van der Waals surface area contributed by atoms with Gasteiger partial charge in [0, 0.05) is 6.20 Å². The summed E-state index contributed by atoms with van der Waals surface area (Å²) >= 11 is 0. The van der Waals surface area contributed by atoms with Crippen molar-refractivity contribution in [1.29, 1.82) is 0 Å². The molecule has 2 aromatic rings. The zero-order chi connectivity index (χ0) is 14.5. The molecule has 0 atom stereocenters. The maximum atomic E-state index is 12.3. The van der Waals surface area contributed by atoms with Crippen LogP contribution in [0.15, 0.2) is 18.3 Å². The Morgan fingerprint density at radius 3 is 2.95 bits per heavy atom. The van der Waals surface area contributed by atoms with Crippen molar-refractivity contribution in [3.63, 3.8) is 0 Å². The SMILES string of the molecule is Cc1n[nH]c(C)c1NC(=O)c1ncccc1C#CCO. The van der Waals surface area contributed by atoms with E-state index in [4.69, 9.17) is 5.11 Å². The molecule has 2 aromatic heterocycles. The largest absolute Gasteiger partial charge is 0.384 e. The van der Waals surface area contributed by atoms with E-state index in [0.29, 0.717) is 16.9 Å². The van der Waals surface area contributed by atoms with Gasteiger partial charge in [-0.05, 0) is 26.0 Å². The van der Waals surface area contributed by atoms with Gasteiger partial charge < -0.3 is 10.4 Å². The molecule has 0 bridgehead atoms. The van der Waals surface area contributed by atoms with Crippen molar-refractivity contribution in [3.8, 4) is 11.8 Å². The van der Waals surface area contributed by atoms with Crippen molar-refractivity contribution < 1.29 is 9.90 Å². The van der Waals surface area contributed by atoms with E-state index in [0.717, 1.165) is 5.69 Å². The summed E-state index contributed by atoms with van der Waals surface area (Å²) in [5.41, 5.74) is 2.80. The van der Waals surface area contributed by atoms with E-state index in [-0.39, 0.29) is 18.2 Å². The van der Waals surface area contributed by atoms with Gasteiger partial charge in [0.15, 0.2) is 0 Å². The van der Waals surface area contributed by atoms with Gasteiger partial charge in [-0.15, -0.1) is 0 Å². The Hall–Kier alpha value is -2.65. The first-order valence-corrected chi connectivity index (χ1v) is 6.01. The van der Waals surface area contributed by atoms with Crippen LogP contribution in [0.3, 0.4) is 0 Å². The third-order valence-electron chi connectivity index (χ3n) is 2.69. The van der Waals surface area contributed by atoms with Crippen LogP contribution in [0, 0.1) is 25.7 Å². The highest BCUT2D eigenvalue weighted by Crippen LogP contribution is 2.17. The van der Waals surface area contributed by atoms with E-state index in [2.05, 4.69) is 32.3 Å². The quantitative estimate of drug-likeness (QED) is 0.710. The molecule has 0 saturated carbocycles. The monoisotopic (exact) mass is 270 g/mol. The lowest BCUT2D eigenvalue weighted by molar-refractivity contribution is 0.102. The molecule has 0 aliphatic carbocycles. The van der Waals surface area contributed by atoms with Gasteiger partial charge in [0.05, 0.1) is 22.6 Å². The summed E-state index contributed by atoms with van der Waals surface area (Å²) < 4.78 is 0. The number of H-pyrrole nitrogens is 1. The number of aliphatic hydroxyl groups excluding tert-OH is 1. The normalized spacial score (nSPS) is 9.75. The molecule has 1 amide bonds. The molecule has 0 aromatic carbocycles. The van der Waals surface area contributed by atoms with Crippen LogP contribution in [0.1, 0.15) is 27.4 Å². The van der Waals surface area contributed by atoms with E-state index in [9.17, 15) is 4.79 Å². The molecule has 2 rings (SSSR count). The van der Waals surface area contributed by atoms with E-state index in [1.165, 1.54) is 6.20 Å². The van der Waals surface area contributed by atoms with Crippen molar-refractivity contribution in [1.82, 2.24) is 15.2 Å². The number of anilines is 1. The first kappa shape index (κ1) is 13.8. The van der Waals surface area contributed by atoms with Crippen LogP contribution in [0.25, 0.3) is 0 Å². The summed E-state index contributed by atoms with van der Waals surface area (Å²) in [4.78, 5) is 16.3. The van der Waals surface area contributed by atoms with Gasteiger partial charge in [-0.25, -0.2) is 4.98 Å². The summed E-state index contributed by atoms with van der Waals surface area (Å²) in [5.74, 6) is 4.85. The number of nitrogens with zero attached hydrogens (tertiary/aromatic N) is 2. The van der Waals surface area contributed by atoms with Crippen molar-refractivity contribution in [3.05, 3.63) is 41.0 Å². The van der Waals surface area contributed by atoms with Crippen molar-refractivity contribution >= 4 is 11.6 Å².